The molecule has 1 fully saturated rings. The Hall–Kier alpha value is -2.09. The molecular formula is C22H27ClN2O4S. The van der Waals surface area contributed by atoms with E-state index in [0.29, 0.717) is 19.7 Å². The standard InChI is InChI=1S/C22H27ClN2O4S/c1-2-29-18-9-7-8-17(14-18)16-24-22(26)20-15-19(10-11-21(20)23)30(27,28)25-12-5-3-4-6-13-25/h7-11,14-15H,2-6,12-13,16H2,1H3,(H,24,26). The molecule has 0 aromatic heterocycles. The van der Waals surface area contributed by atoms with Gasteiger partial charge in [-0.1, -0.05) is 36.6 Å². The van der Waals surface area contributed by atoms with Gasteiger partial charge in [0.2, 0.25) is 10.0 Å². The largest absolute Gasteiger partial charge is 0.494 e. The highest BCUT2D eigenvalue weighted by Crippen LogP contribution is 2.25. The molecule has 8 heteroatoms. The summed E-state index contributed by atoms with van der Waals surface area (Å²) in [6.07, 6.45) is 3.76. The Labute approximate surface area is 183 Å². The van der Waals surface area contributed by atoms with E-state index in [-0.39, 0.29) is 22.0 Å². The predicted octanol–water partition coefficient (Wildman–Crippen LogP) is 4.23. The number of hydrogen-bond acceptors (Lipinski definition) is 4. The summed E-state index contributed by atoms with van der Waals surface area (Å²) < 4.78 is 33.1. The molecule has 1 aliphatic rings. The van der Waals surface area contributed by atoms with Crippen molar-refractivity contribution in [2.24, 2.45) is 0 Å². The van der Waals surface area contributed by atoms with Crippen LogP contribution in [0, 0.1) is 0 Å². The van der Waals surface area contributed by atoms with Crippen LogP contribution >= 0.6 is 11.6 Å². The minimum Gasteiger partial charge on any atom is -0.494 e. The third-order valence-corrected chi connectivity index (χ3v) is 7.27. The van der Waals surface area contributed by atoms with Gasteiger partial charge in [-0.05, 0) is 55.7 Å². The Morgan fingerprint density at radius 2 is 1.83 bits per heavy atom. The fourth-order valence-electron chi connectivity index (χ4n) is 3.46. The third-order valence-electron chi connectivity index (χ3n) is 5.05. The predicted molar refractivity (Wildman–Crippen MR) is 117 cm³/mol. The fraction of sp³-hybridized carbons (Fsp3) is 0.409. The monoisotopic (exact) mass is 450 g/mol. The van der Waals surface area contributed by atoms with Crippen LogP contribution in [0.1, 0.15) is 48.5 Å². The van der Waals surface area contributed by atoms with E-state index in [0.717, 1.165) is 37.0 Å². The molecule has 0 radical (unpaired) electrons. The molecule has 0 aliphatic carbocycles. The number of carbonyl (C=O) groups excluding carboxylic acids is 1. The van der Waals surface area contributed by atoms with E-state index in [4.69, 9.17) is 16.3 Å². The van der Waals surface area contributed by atoms with Crippen molar-refractivity contribution in [3.05, 3.63) is 58.6 Å². The topological polar surface area (TPSA) is 75.7 Å². The summed E-state index contributed by atoms with van der Waals surface area (Å²) in [6, 6.07) is 11.7. The Kier molecular flexibility index (Phi) is 7.75. The number of nitrogens with one attached hydrogen (secondary N) is 1. The summed E-state index contributed by atoms with van der Waals surface area (Å²) >= 11 is 6.21. The number of amides is 1. The number of sulfonamides is 1. The van der Waals surface area contributed by atoms with Crippen molar-refractivity contribution in [1.29, 1.82) is 0 Å². The van der Waals surface area contributed by atoms with Gasteiger partial charge in [-0.3, -0.25) is 4.79 Å². The summed E-state index contributed by atoms with van der Waals surface area (Å²) in [6.45, 7) is 3.75. The summed E-state index contributed by atoms with van der Waals surface area (Å²) in [4.78, 5) is 12.8. The number of benzene rings is 2. The van der Waals surface area contributed by atoms with Crippen LogP contribution in [0.3, 0.4) is 0 Å². The molecule has 0 unspecified atom stereocenters. The Morgan fingerprint density at radius 3 is 2.53 bits per heavy atom. The second kappa shape index (κ2) is 10.3. The number of nitrogens with zero attached hydrogens (tertiary/aromatic N) is 1. The van der Waals surface area contributed by atoms with Crippen LogP contribution in [0.25, 0.3) is 0 Å². The number of hydrogen-bond donors (Lipinski definition) is 1. The van der Waals surface area contributed by atoms with E-state index < -0.39 is 15.9 Å². The molecule has 1 N–H and O–H groups in total. The molecule has 0 spiro atoms. The van der Waals surface area contributed by atoms with Gasteiger partial charge in [-0.25, -0.2) is 8.42 Å². The minimum atomic E-state index is -3.66. The number of rotatable bonds is 7. The molecule has 1 saturated heterocycles. The molecule has 0 atom stereocenters. The van der Waals surface area contributed by atoms with Crippen molar-refractivity contribution in [2.45, 2.75) is 44.0 Å². The second-order valence-electron chi connectivity index (χ2n) is 7.22. The van der Waals surface area contributed by atoms with Gasteiger partial charge in [0.1, 0.15) is 5.75 Å². The first-order valence-electron chi connectivity index (χ1n) is 10.2. The van der Waals surface area contributed by atoms with E-state index in [1.54, 1.807) is 0 Å². The summed E-state index contributed by atoms with van der Waals surface area (Å²) in [5.74, 6) is 0.308. The molecule has 1 aliphatic heterocycles. The van der Waals surface area contributed by atoms with Crippen LogP contribution in [0.5, 0.6) is 5.75 Å². The zero-order chi connectivity index (χ0) is 21.6. The van der Waals surface area contributed by atoms with Gasteiger partial charge in [-0.15, -0.1) is 0 Å². The van der Waals surface area contributed by atoms with Gasteiger partial charge in [-0.2, -0.15) is 4.31 Å². The Balaban J connectivity index is 1.75. The van der Waals surface area contributed by atoms with Crippen molar-refractivity contribution in [3.63, 3.8) is 0 Å². The first-order valence-corrected chi connectivity index (χ1v) is 12.0. The van der Waals surface area contributed by atoms with Crippen molar-refractivity contribution in [1.82, 2.24) is 9.62 Å². The maximum absolute atomic E-state index is 13.0. The SMILES string of the molecule is CCOc1cccc(CNC(=O)c2cc(S(=O)(=O)N3CCCCCC3)ccc2Cl)c1. The molecule has 1 heterocycles. The van der Waals surface area contributed by atoms with Crippen LogP contribution in [0.15, 0.2) is 47.4 Å². The van der Waals surface area contributed by atoms with Crippen LogP contribution in [0.4, 0.5) is 0 Å². The lowest BCUT2D eigenvalue weighted by Crippen LogP contribution is -2.32. The molecule has 30 heavy (non-hydrogen) atoms. The van der Waals surface area contributed by atoms with E-state index in [2.05, 4.69) is 5.32 Å². The first kappa shape index (κ1) is 22.6. The molecule has 162 valence electrons. The lowest BCUT2D eigenvalue weighted by molar-refractivity contribution is 0.0950. The van der Waals surface area contributed by atoms with Gasteiger partial charge < -0.3 is 10.1 Å². The van der Waals surface area contributed by atoms with Crippen LogP contribution < -0.4 is 10.1 Å². The van der Waals surface area contributed by atoms with Gasteiger partial charge in [0.25, 0.3) is 5.91 Å². The maximum Gasteiger partial charge on any atom is 0.253 e. The lowest BCUT2D eigenvalue weighted by Gasteiger charge is -2.20. The number of ether oxygens (including phenoxy) is 1. The quantitative estimate of drug-likeness (QED) is 0.684. The molecule has 2 aromatic carbocycles. The Morgan fingerprint density at radius 1 is 1.10 bits per heavy atom. The highest BCUT2D eigenvalue weighted by atomic mass is 35.5. The molecule has 3 rings (SSSR count). The van der Waals surface area contributed by atoms with E-state index in [1.165, 1.54) is 22.5 Å². The van der Waals surface area contributed by atoms with Crippen molar-refractivity contribution < 1.29 is 17.9 Å². The highest BCUT2D eigenvalue weighted by Gasteiger charge is 2.26. The van der Waals surface area contributed by atoms with Gasteiger partial charge in [0.15, 0.2) is 0 Å². The number of halogens is 1. The smallest absolute Gasteiger partial charge is 0.253 e. The molecule has 6 nitrogen and oxygen atoms in total. The van der Waals surface area contributed by atoms with E-state index in [9.17, 15) is 13.2 Å². The first-order chi connectivity index (χ1) is 14.4. The summed E-state index contributed by atoms with van der Waals surface area (Å²) in [5.41, 5.74) is 1.02. The molecule has 0 saturated carbocycles. The lowest BCUT2D eigenvalue weighted by atomic mass is 10.2. The van der Waals surface area contributed by atoms with Crippen molar-refractivity contribution in [2.75, 3.05) is 19.7 Å². The highest BCUT2D eigenvalue weighted by molar-refractivity contribution is 7.89. The maximum atomic E-state index is 13.0. The van der Waals surface area contributed by atoms with Crippen LogP contribution in [0.2, 0.25) is 5.02 Å². The van der Waals surface area contributed by atoms with Gasteiger partial charge in [0, 0.05) is 19.6 Å². The van der Waals surface area contributed by atoms with E-state index >= 15 is 0 Å². The summed E-state index contributed by atoms with van der Waals surface area (Å²) in [5, 5.41) is 3.02. The average Bonchev–Trinajstić information content (AvgIpc) is 3.03. The zero-order valence-corrected chi connectivity index (χ0v) is 18.6. The molecule has 1 amide bonds. The van der Waals surface area contributed by atoms with Gasteiger partial charge in [0.05, 0.1) is 22.1 Å². The fourth-order valence-corrected chi connectivity index (χ4v) is 5.21. The molecule has 0 bridgehead atoms. The third kappa shape index (κ3) is 5.53. The van der Waals surface area contributed by atoms with E-state index in [1.807, 2.05) is 31.2 Å². The van der Waals surface area contributed by atoms with Crippen molar-refractivity contribution in [3.8, 4) is 5.75 Å². The Bertz CT molecular complexity index is 986. The number of carbonyl (C=O) groups is 1. The molecule has 2 aromatic rings. The van der Waals surface area contributed by atoms with Crippen molar-refractivity contribution >= 4 is 27.5 Å². The zero-order valence-electron chi connectivity index (χ0n) is 17.1. The van der Waals surface area contributed by atoms with Crippen LogP contribution in [-0.2, 0) is 16.6 Å². The second-order valence-corrected chi connectivity index (χ2v) is 9.57. The molecular weight excluding hydrogens is 424 g/mol. The minimum absolute atomic E-state index is 0.0947. The van der Waals surface area contributed by atoms with Gasteiger partial charge >= 0.3 is 0 Å². The van der Waals surface area contributed by atoms with Crippen LogP contribution in [-0.4, -0.2) is 38.3 Å². The average molecular weight is 451 g/mol. The summed E-state index contributed by atoms with van der Waals surface area (Å²) in [7, 11) is -3.66. The normalized spacial score (nSPS) is 15.4.